The van der Waals surface area contributed by atoms with E-state index in [1.165, 1.54) is 0 Å². The summed E-state index contributed by atoms with van der Waals surface area (Å²) in [6, 6.07) is 1.10. The first-order chi connectivity index (χ1) is 12.8. The lowest BCUT2D eigenvalue weighted by molar-refractivity contribution is 0.0898. The minimum Gasteiger partial charge on any atom is -0.508 e. The van der Waals surface area contributed by atoms with Gasteiger partial charge in [0.1, 0.15) is 18.0 Å². The Balaban J connectivity index is 1.89. The first-order valence-corrected chi connectivity index (χ1v) is 12.8. The molecule has 0 bridgehead atoms. The van der Waals surface area contributed by atoms with Crippen LogP contribution in [0.4, 0.5) is 0 Å². The second-order valence-electron chi connectivity index (χ2n) is 7.82. The van der Waals surface area contributed by atoms with Gasteiger partial charge in [-0.2, -0.15) is 5.10 Å². The summed E-state index contributed by atoms with van der Waals surface area (Å²) in [5.41, 5.74) is 3.44. The minimum absolute atomic E-state index is 0.0310. The fourth-order valence-electron chi connectivity index (χ4n) is 2.71. The molecule has 3 aromatic rings. The molecule has 27 heavy (non-hydrogen) atoms. The van der Waals surface area contributed by atoms with Gasteiger partial charge in [0, 0.05) is 39.2 Å². The topological polar surface area (TPSA) is 78.0 Å². The van der Waals surface area contributed by atoms with Crippen molar-refractivity contribution in [2.24, 2.45) is 0 Å². The van der Waals surface area contributed by atoms with E-state index in [4.69, 9.17) is 9.72 Å². The van der Waals surface area contributed by atoms with Gasteiger partial charge in [0.05, 0.1) is 23.7 Å². The maximum atomic E-state index is 9.99. The molecule has 0 saturated heterocycles. The molecule has 0 aliphatic heterocycles. The molecule has 8 heteroatoms. The highest BCUT2D eigenvalue weighted by atomic mass is 28.3. The first-order valence-electron chi connectivity index (χ1n) is 9.13. The fourth-order valence-corrected chi connectivity index (χ4v) is 3.47. The number of hydrogen-bond donors (Lipinski definition) is 1. The lowest BCUT2D eigenvalue weighted by atomic mass is 10.2. The Morgan fingerprint density at radius 2 is 2.04 bits per heavy atom. The largest absolute Gasteiger partial charge is 0.508 e. The van der Waals surface area contributed by atoms with E-state index in [0.29, 0.717) is 35.8 Å². The average Bonchev–Trinajstić information content (AvgIpc) is 3.22. The minimum atomic E-state index is -1.13. The van der Waals surface area contributed by atoms with Crippen molar-refractivity contribution >= 4 is 25.0 Å². The summed E-state index contributed by atoms with van der Waals surface area (Å²) in [5, 5.41) is 14.3. The zero-order valence-corrected chi connectivity index (χ0v) is 17.4. The lowest BCUT2D eigenvalue weighted by Gasteiger charge is -2.15. The summed E-state index contributed by atoms with van der Waals surface area (Å²) in [4.78, 5) is 9.26. The molecule has 144 valence electrons. The van der Waals surface area contributed by atoms with Crippen LogP contribution in [-0.4, -0.2) is 44.1 Å². The second-order valence-corrected chi connectivity index (χ2v) is 13.4. The maximum absolute atomic E-state index is 9.99. The van der Waals surface area contributed by atoms with Crippen molar-refractivity contribution in [1.82, 2.24) is 24.3 Å². The van der Waals surface area contributed by atoms with Crippen LogP contribution in [0.2, 0.25) is 25.7 Å². The van der Waals surface area contributed by atoms with Crippen LogP contribution >= 0.6 is 0 Å². The Labute approximate surface area is 160 Å². The van der Waals surface area contributed by atoms with E-state index >= 15 is 0 Å². The third-order valence-corrected chi connectivity index (χ3v) is 6.06. The van der Waals surface area contributed by atoms with Crippen LogP contribution in [0, 0.1) is 0 Å². The average molecular weight is 386 g/mol. The molecule has 7 nitrogen and oxygen atoms in total. The SMILES string of the molecule is C=C(O)c1cn(COCC[Si](C)(C)C)c2ncc(-c3cnn(CC)c3)nc12. The van der Waals surface area contributed by atoms with Crippen molar-refractivity contribution in [1.29, 1.82) is 0 Å². The van der Waals surface area contributed by atoms with Crippen molar-refractivity contribution < 1.29 is 9.84 Å². The molecular weight excluding hydrogens is 358 g/mol. The van der Waals surface area contributed by atoms with Gasteiger partial charge in [0.15, 0.2) is 5.65 Å². The third-order valence-electron chi connectivity index (χ3n) is 4.36. The zero-order valence-electron chi connectivity index (χ0n) is 16.4. The lowest BCUT2D eigenvalue weighted by Crippen LogP contribution is -2.22. The van der Waals surface area contributed by atoms with Crippen LogP contribution in [0.5, 0.6) is 0 Å². The molecule has 0 amide bonds. The predicted octanol–water partition coefficient (Wildman–Crippen LogP) is 4.16. The van der Waals surface area contributed by atoms with E-state index in [0.717, 1.165) is 18.2 Å². The van der Waals surface area contributed by atoms with Gasteiger partial charge in [-0.25, -0.2) is 9.97 Å². The number of fused-ring (bicyclic) bond motifs is 1. The Morgan fingerprint density at radius 1 is 1.26 bits per heavy atom. The van der Waals surface area contributed by atoms with Crippen LogP contribution < -0.4 is 0 Å². The van der Waals surface area contributed by atoms with Gasteiger partial charge in [-0.05, 0) is 13.0 Å². The molecule has 0 aliphatic rings. The quantitative estimate of drug-likeness (QED) is 0.358. The summed E-state index contributed by atoms with van der Waals surface area (Å²) in [6.45, 7) is 14.5. The number of ether oxygens (including phenoxy) is 1. The fraction of sp³-hybridized carbons (Fsp3) is 0.421. The molecule has 0 fully saturated rings. The van der Waals surface area contributed by atoms with Gasteiger partial charge in [-0.15, -0.1) is 0 Å². The smallest absolute Gasteiger partial charge is 0.161 e. The molecule has 3 aromatic heterocycles. The standard InChI is InChI=1S/C19H27N5O2Si/c1-6-24-11-15(9-21-24)17-10-20-19-18(22-17)16(14(2)25)12-23(19)13-26-7-8-27(3,4)5/h9-12,25H,2,6-8,13H2,1,3-5H3. The molecule has 3 rings (SSSR count). The van der Waals surface area contributed by atoms with Crippen molar-refractivity contribution in [3.05, 3.63) is 36.9 Å². The number of aliphatic hydroxyl groups excluding tert-OH is 1. The van der Waals surface area contributed by atoms with Gasteiger partial charge in [-0.3, -0.25) is 4.68 Å². The van der Waals surface area contributed by atoms with Crippen molar-refractivity contribution in [2.45, 2.75) is 45.9 Å². The van der Waals surface area contributed by atoms with Crippen LogP contribution in [-0.2, 0) is 18.0 Å². The van der Waals surface area contributed by atoms with E-state index in [9.17, 15) is 5.11 Å². The van der Waals surface area contributed by atoms with Gasteiger partial charge in [-0.1, -0.05) is 26.2 Å². The van der Waals surface area contributed by atoms with Crippen LogP contribution in [0.3, 0.4) is 0 Å². The van der Waals surface area contributed by atoms with Crippen LogP contribution in [0.1, 0.15) is 12.5 Å². The van der Waals surface area contributed by atoms with Crippen LogP contribution in [0.15, 0.2) is 31.4 Å². The normalized spacial score (nSPS) is 12.0. The summed E-state index contributed by atoms with van der Waals surface area (Å²) in [6.07, 6.45) is 7.21. The summed E-state index contributed by atoms with van der Waals surface area (Å²) >= 11 is 0. The zero-order chi connectivity index (χ0) is 19.6. The van der Waals surface area contributed by atoms with E-state index in [-0.39, 0.29) is 5.76 Å². The molecule has 1 N–H and O–H groups in total. The molecule has 0 spiro atoms. The molecule has 0 aromatic carbocycles. The number of aliphatic hydroxyl groups is 1. The molecule has 3 heterocycles. The summed E-state index contributed by atoms with van der Waals surface area (Å²) < 4.78 is 9.54. The number of hydrogen-bond acceptors (Lipinski definition) is 5. The molecule has 0 aliphatic carbocycles. The highest BCUT2D eigenvalue weighted by Crippen LogP contribution is 2.26. The Hall–Kier alpha value is -2.45. The summed E-state index contributed by atoms with van der Waals surface area (Å²) in [7, 11) is -1.13. The molecule has 0 unspecified atom stereocenters. The monoisotopic (exact) mass is 385 g/mol. The molecule has 0 saturated carbocycles. The second kappa shape index (κ2) is 7.65. The Morgan fingerprint density at radius 3 is 2.67 bits per heavy atom. The van der Waals surface area contributed by atoms with Crippen molar-refractivity contribution in [3.63, 3.8) is 0 Å². The molecule has 0 atom stereocenters. The number of aryl methyl sites for hydroxylation is 1. The first kappa shape index (κ1) is 19.3. The van der Waals surface area contributed by atoms with Crippen molar-refractivity contribution in [3.8, 4) is 11.3 Å². The maximum Gasteiger partial charge on any atom is 0.161 e. The van der Waals surface area contributed by atoms with E-state index in [1.807, 2.05) is 22.4 Å². The van der Waals surface area contributed by atoms with Gasteiger partial charge >= 0.3 is 0 Å². The Kier molecular flexibility index (Phi) is 5.47. The van der Waals surface area contributed by atoms with Gasteiger partial charge in [0.2, 0.25) is 0 Å². The molecule has 0 radical (unpaired) electrons. The number of aromatic nitrogens is 5. The summed E-state index contributed by atoms with van der Waals surface area (Å²) in [5.74, 6) is -0.0310. The van der Waals surface area contributed by atoms with E-state index < -0.39 is 8.07 Å². The molecular formula is C19H27N5O2Si. The van der Waals surface area contributed by atoms with Gasteiger partial charge in [0.25, 0.3) is 0 Å². The van der Waals surface area contributed by atoms with Crippen molar-refractivity contribution in [2.75, 3.05) is 6.61 Å². The number of nitrogens with zero attached hydrogens (tertiary/aromatic N) is 5. The number of rotatable bonds is 8. The van der Waals surface area contributed by atoms with E-state index in [2.05, 4.69) is 36.3 Å². The third kappa shape index (κ3) is 4.45. The Bertz CT molecular complexity index is 955. The van der Waals surface area contributed by atoms with Gasteiger partial charge < -0.3 is 14.4 Å². The predicted molar refractivity (Wildman–Crippen MR) is 110 cm³/mol. The van der Waals surface area contributed by atoms with E-state index in [1.54, 1.807) is 18.6 Å². The highest BCUT2D eigenvalue weighted by Gasteiger charge is 2.16. The highest BCUT2D eigenvalue weighted by molar-refractivity contribution is 6.76. The van der Waals surface area contributed by atoms with Crippen LogP contribution in [0.25, 0.3) is 28.2 Å².